The molecule has 3 atom stereocenters. The summed E-state index contributed by atoms with van der Waals surface area (Å²) in [5, 5.41) is 0. The zero-order chi connectivity index (χ0) is 8.67. The van der Waals surface area contributed by atoms with Crippen LogP contribution in [0.1, 0.15) is 51.4 Å². The average molecular weight is 178 g/mol. The van der Waals surface area contributed by atoms with Crippen molar-refractivity contribution < 1.29 is 0 Å². The number of hydrogen-bond donors (Lipinski definition) is 0. The Morgan fingerprint density at radius 1 is 0.923 bits per heavy atom. The molecule has 3 rings (SSSR count). The van der Waals surface area contributed by atoms with E-state index < -0.39 is 0 Å². The summed E-state index contributed by atoms with van der Waals surface area (Å²) in [6.07, 6.45) is 14.2. The molecule has 0 amide bonds. The van der Waals surface area contributed by atoms with Gasteiger partial charge >= 0.3 is 0 Å². The Hall–Kier alpha value is -0.0400. The van der Waals surface area contributed by atoms with Gasteiger partial charge in [0.2, 0.25) is 0 Å². The summed E-state index contributed by atoms with van der Waals surface area (Å²) in [7, 11) is 0. The fourth-order valence-corrected chi connectivity index (χ4v) is 3.63. The van der Waals surface area contributed by atoms with E-state index in [0.717, 1.165) is 18.1 Å². The first-order chi connectivity index (χ1) is 6.45. The van der Waals surface area contributed by atoms with Crippen molar-refractivity contribution in [3.05, 3.63) is 6.42 Å². The van der Waals surface area contributed by atoms with Crippen LogP contribution >= 0.6 is 0 Å². The predicted molar refractivity (Wildman–Crippen MR) is 54.4 cm³/mol. The summed E-state index contributed by atoms with van der Waals surface area (Å²) < 4.78 is 0. The largest absolute Gasteiger partial charge is 0.294 e. The van der Waals surface area contributed by atoms with Gasteiger partial charge in [-0.05, 0) is 38.5 Å². The minimum absolute atomic E-state index is 0.942. The van der Waals surface area contributed by atoms with E-state index in [4.69, 9.17) is 0 Å². The molecule has 1 nitrogen and oxygen atoms in total. The molecule has 2 saturated heterocycles. The van der Waals surface area contributed by atoms with Gasteiger partial charge in [0.1, 0.15) is 0 Å². The van der Waals surface area contributed by atoms with Crippen LogP contribution in [0.3, 0.4) is 0 Å². The second-order valence-corrected chi connectivity index (χ2v) is 5.03. The second-order valence-electron chi connectivity index (χ2n) is 5.03. The van der Waals surface area contributed by atoms with Gasteiger partial charge in [0, 0.05) is 18.1 Å². The van der Waals surface area contributed by atoms with E-state index in [0.29, 0.717) is 0 Å². The van der Waals surface area contributed by atoms with Crippen molar-refractivity contribution in [2.75, 3.05) is 0 Å². The number of nitrogens with zero attached hydrogens (tertiary/aromatic N) is 1. The normalized spacial score (nSPS) is 41.5. The van der Waals surface area contributed by atoms with E-state index in [9.17, 15) is 0 Å². The lowest BCUT2D eigenvalue weighted by molar-refractivity contribution is -0.0670. The Morgan fingerprint density at radius 3 is 2.31 bits per heavy atom. The first-order valence-corrected chi connectivity index (χ1v) is 6.04. The Bertz CT molecular complexity index is 170. The van der Waals surface area contributed by atoms with E-state index in [1.54, 1.807) is 0 Å². The van der Waals surface area contributed by atoms with Crippen LogP contribution in [-0.2, 0) is 0 Å². The van der Waals surface area contributed by atoms with E-state index in [2.05, 4.69) is 11.3 Å². The van der Waals surface area contributed by atoms with Crippen LogP contribution < -0.4 is 0 Å². The highest BCUT2D eigenvalue weighted by Crippen LogP contribution is 2.42. The monoisotopic (exact) mass is 178 g/mol. The number of hydrogen-bond acceptors (Lipinski definition) is 1. The lowest BCUT2D eigenvalue weighted by Crippen LogP contribution is -2.62. The summed E-state index contributed by atoms with van der Waals surface area (Å²) >= 11 is 0. The quantitative estimate of drug-likeness (QED) is 0.597. The van der Waals surface area contributed by atoms with Gasteiger partial charge in [-0.15, -0.1) is 0 Å². The zero-order valence-corrected chi connectivity index (χ0v) is 8.41. The number of rotatable bonds is 1. The highest BCUT2D eigenvalue weighted by atomic mass is 15.3. The van der Waals surface area contributed by atoms with Crippen LogP contribution in [-0.4, -0.2) is 23.0 Å². The van der Waals surface area contributed by atoms with E-state index in [1.165, 1.54) is 51.4 Å². The molecule has 13 heavy (non-hydrogen) atoms. The smallest absolute Gasteiger partial charge is 0.0116 e. The topological polar surface area (TPSA) is 3.24 Å². The van der Waals surface area contributed by atoms with E-state index >= 15 is 0 Å². The molecule has 0 N–H and O–H groups in total. The van der Waals surface area contributed by atoms with Crippen LogP contribution in [0.4, 0.5) is 0 Å². The zero-order valence-electron chi connectivity index (χ0n) is 8.41. The molecule has 0 aromatic rings. The standard InChI is InChI=1S/C12H20N/c1-2-5-10(6-3-1)13-11-7-4-8-12(13)9-11/h2,10-12H,1,3-9H2. The molecular weight excluding hydrogens is 158 g/mol. The predicted octanol–water partition coefficient (Wildman–Crippen LogP) is 2.76. The molecule has 0 aromatic carbocycles. The highest BCUT2D eigenvalue weighted by Gasteiger charge is 2.44. The van der Waals surface area contributed by atoms with Gasteiger partial charge in [0.25, 0.3) is 0 Å². The molecule has 1 radical (unpaired) electrons. The molecule has 2 heterocycles. The van der Waals surface area contributed by atoms with Gasteiger partial charge < -0.3 is 0 Å². The minimum Gasteiger partial charge on any atom is -0.294 e. The molecule has 0 aromatic heterocycles. The van der Waals surface area contributed by atoms with Crippen molar-refractivity contribution in [1.82, 2.24) is 4.90 Å². The third-order valence-corrected chi connectivity index (χ3v) is 4.27. The summed E-state index contributed by atoms with van der Waals surface area (Å²) in [4.78, 5) is 2.86. The van der Waals surface area contributed by atoms with Crippen LogP contribution in [0.25, 0.3) is 0 Å². The van der Waals surface area contributed by atoms with Crippen molar-refractivity contribution in [2.24, 2.45) is 0 Å². The number of fused-ring (bicyclic) bond motifs is 2. The van der Waals surface area contributed by atoms with Gasteiger partial charge in [-0.2, -0.15) is 0 Å². The highest BCUT2D eigenvalue weighted by molar-refractivity contribution is 5.01. The lowest BCUT2D eigenvalue weighted by Gasteiger charge is -2.57. The van der Waals surface area contributed by atoms with Gasteiger partial charge in [-0.25, -0.2) is 0 Å². The molecule has 73 valence electrons. The van der Waals surface area contributed by atoms with E-state index in [1.807, 2.05) is 0 Å². The number of piperidine rings is 1. The summed E-state index contributed by atoms with van der Waals surface area (Å²) in [5.74, 6) is 0. The van der Waals surface area contributed by atoms with Crippen molar-refractivity contribution >= 4 is 0 Å². The van der Waals surface area contributed by atoms with Gasteiger partial charge in [0.15, 0.2) is 0 Å². The second kappa shape index (κ2) is 3.27. The lowest BCUT2D eigenvalue weighted by atomic mass is 9.76. The molecular formula is C12H20N. The molecule has 3 aliphatic rings. The Kier molecular flexibility index (Phi) is 2.08. The molecule has 2 bridgehead atoms. The Labute approximate surface area is 81.5 Å². The maximum Gasteiger partial charge on any atom is 0.0116 e. The summed E-state index contributed by atoms with van der Waals surface area (Å²) in [6.45, 7) is 0. The minimum atomic E-state index is 0.942. The fourth-order valence-electron chi connectivity index (χ4n) is 3.63. The van der Waals surface area contributed by atoms with Crippen molar-refractivity contribution in [1.29, 1.82) is 0 Å². The molecule has 1 heteroatoms. The van der Waals surface area contributed by atoms with Crippen molar-refractivity contribution in [3.63, 3.8) is 0 Å². The maximum atomic E-state index is 2.86. The SMILES string of the molecule is [CH]1CCCC(N2C3CCCC2C3)C1. The van der Waals surface area contributed by atoms with Crippen LogP contribution in [0.5, 0.6) is 0 Å². The van der Waals surface area contributed by atoms with E-state index in [-0.39, 0.29) is 0 Å². The molecule has 3 unspecified atom stereocenters. The van der Waals surface area contributed by atoms with Crippen LogP contribution in [0.2, 0.25) is 0 Å². The van der Waals surface area contributed by atoms with Crippen LogP contribution in [0.15, 0.2) is 0 Å². The third kappa shape index (κ3) is 1.32. The van der Waals surface area contributed by atoms with Crippen LogP contribution in [0, 0.1) is 6.42 Å². The average Bonchev–Trinajstić information content (AvgIpc) is 2.20. The molecule has 0 spiro atoms. The van der Waals surface area contributed by atoms with Crippen molar-refractivity contribution in [2.45, 2.75) is 69.5 Å². The molecule has 1 saturated carbocycles. The Balaban J connectivity index is 1.64. The Morgan fingerprint density at radius 2 is 1.69 bits per heavy atom. The third-order valence-electron chi connectivity index (χ3n) is 4.27. The molecule has 3 fully saturated rings. The molecule has 1 aliphatic carbocycles. The van der Waals surface area contributed by atoms with Gasteiger partial charge in [-0.3, -0.25) is 4.90 Å². The fraction of sp³-hybridized carbons (Fsp3) is 0.917. The summed E-state index contributed by atoms with van der Waals surface area (Å²) in [5.41, 5.74) is 0. The maximum absolute atomic E-state index is 2.86. The van der Waals surface area contributed by atoms with Gasteiger partial charge in [0.05, 0.1) is 0 Å². The molecule has 2 aliphatic heterocycles. The first kappa shape index (κ1) is 8.28. The summed E-state index contributed by atoms with van der Waals surface area (Å²) in [6, 6.07) is 2.93. The first-order valence-electron chi connectivity index (χ1n) is 6.04. The van der Waals surface area contributed by atoms with Crippen molar-refractivity contribution in [3.8, 4) is 0 Å². The van der Waals surface area contributed by atoms with Gasteiger partial charge in [-0.1, -0.05) is 19.3 Å².